The Kier molecular flexibility index (Phi) is 5.47. The largest absolute Gasteiger partial charge is 0.298 e. The maximum absolute atomic E-state index is 13.1. The lowest BCUT2D eigenvalue weighted by Crippen LogP contribution is -2.30. The second-order valence-corrected chi connectivity index (χ2v) is 10.6. The van der Waals surface area contributed by atoms with Gasteiger partial charge in [0.05, 0.1) is 16.3 Å². The van der Waals surface area contributed by atoms with Gasteiger partial charge in [0.25, 0.3) is 15.9 Å². The molecule has 1 N–H and O–H groups in total. The molecule has 0 unspecified atom stereocenters. The second-order valence-electron chi connectivity index (χ2n) is 7.61. The van der Waals surface area contributed by atoms with Gasteiger partial charge in [-0.05, 0) is 48.9 Å². The normalized spacial score (nSPS) is 12.2. The fourth-order valence-corrected chi connectivity index (χ4v) is 6.44. The van der Waals surface area contributed by atoms with Crippen molar-refractivity contribution < 1.29 is 13.2 Å². The molecule has 0 atom stereocenters. The zero-order valence-electron chi connectivity index (χ0n) is 17.9. The van der Waals surface area contributed by atoms with Gasteiger partial charge < -0.3 is 0 Å². The van der Waals surface area contributed by atoms with E-state index < -0.39 is 10.0 Å². The molecule has 1 aromatic heterocycles. The van der Waals surface area contributed by atoms with Crippen LogP contribution in [-0.4, -0.2) is 25.9 Å². The van der Waals surface area contributed by atoms with Crippen molar-refractivity contribution in [2.45, 2.75) is 18.2 Å². The van der Waals surface area contributed by atoms with Crippen molar-refractivity contribution in [3.63, 3.8) is 0 Å². The predicted molar refractivity (Wildman–Crippen MR) is 131 cm³/mol. The van der Waals surface area contributed by atoms with E-state index in [0.717, 1.165) is 22.6 Å². The Hall–Kier alpha value is -3.49. The number of sulfonamides is 1. The maximum Gasteiger partial charge on any atom is 0.264 e. The third-order valence-corrected chi connectivity index (χ3v) is 8.47. The minimum Gasteiger partial charge on any atom is -0.298 e. The van der Waals surface area contributed by atoms with Gasteiger partial charge in [-0.15, -0.1) is 11.3 Å². The fraction of sp³-hybridized carbons (Fsp3) is 0.120. The SMILES string of the molecule is CCN(c1ccccc1)S(=O)(=O)c1ccc(C(=O)Nc2nc3c(s2)Cc2ccccc2-3)cc1. The van der Waals surface area contributed by atoms with Crippen LogP contribution in [0, 0.1) is 0 Å². The molecule has 1 aliphatic carbocycles. The van der Waals surface area contributed by atoms with Crippen LogP contribution in [0.5, 0.6) is 0 Å². The van der Waals surface area contributed by atoms with E-state index in [0.29, 0.717) is 22.9 Å². The van der Waals surface area contributed by atoms with Gasteiger partial charge in [0, 0.05) is 29.0 Å². The number of hydrogen-bond acceptors (Lipinski definition) is 5. The number of para-hydroxylation sites is 1. The summed E-state index contributed by atoms with van der Waals surface area (Å²) in [5.41, 5.74) is 4.25. The summed E-state index contributed by atoms with van der Waals surface area (Å²) in [6.45, 7) is 2.09. The van der Waals surface area contributed by atoms with Crippen LogP contribution in [0.2, 0.25) is 0 Å². The van der Waals surface area contributed by atoms with Crippen LogP contribution < -0.4 is 9.62 Å². The van der Waals surface area contributed by atoms with Crippen molar-refractivity contribution in [3.05, 3.63) is 94.9 Å². The van der Waals surface area contributed by atoms with Gasteiger partial charge >= 0.3 is 0 Å². The summed E-state index contributed by atoms with van der Waals surface area (Å²) in [5, 5.41) is 3.38. The van der Waals surface area contributed by atoms with Crippen molar-refractivity contribution in [1.82, 2.24) is 4.98 Å². The van der Waals surface area contributed by atoms with Gasteiger partial charge in [-0.2, -0.15) is 0 Å². The highest BCUT2D eigenvalue weighted by molar-refractivity contribution is 7.92. The lowest BCUT2D eigenvalue weighted by atomic mass is 10.1. The Bertz CT molecular complexity index is 1430. The molecule has 33 heavy (non-hydrogen) atoms. The van der Waals surface area contributed by atoms with Crippen molar-refractivity contribution in [3.8, 4) is 11.3 Å². The minimum absolute atomic E-state index is 0.134. The predicted octanol–water partition coefficient (Wildman–Crippen LogP) is 5.18. The second kappa shape index (κ2) is 8.46. The number of amides is 1. The van der Waals surface area contributed by atoms with E-state index in [9.17, 15) is 13.2 Å². The first-order valence-corrected chi connectivity index (χ1v) is 12.8. The van der Waals surface area contributed by atoms with Crippen LogP contribution in [0.1, 0.15) is 27.7 Å². The fourth-order valence-electron chi connectivity index (χ4n) is 3.97. The first-order chi connectivity index (χ1) is 16.0. The Morgan fingerprint density at radius 3 is 2.42 bits per heavy atom. The quantitative estimate of drug-likeness (QED) is 0.367. The highest BCUT2D eigenvalue weighted by Crippen LogP contribution is 2.40. The molecule has 1 heterocycles. The molecule has 1 amide bonds. The zero-order chi connectivity index (χ0) is 23.0. The van der Waals surface area contributed by atoms with E-state index in [1.54, 1.807) is 31.2 Å². The third-order valence-electron chi connectivity index (χ3n) is 5.58. The number of aromatic nitrogens is 1. The maximum atomic E-state index is 13.1. The number of anilines is 2. The van der Waals surface area contributed by atoms with Gasteiger partial charge in [-0.25, -0.2) is 13.4 Å². The van der Waals surface area contributed by atoms with E-state index in [1.807, 2.05) is 24.3 Å². The van der Waals surface area contributed by atoms with Gasteiger partial charge in [-0.1, -0.05) is 42.5 Å². The Morgan fingerprint density at radius 2 is 1.70 bits per heavy atom. The first-order valence-electron chi connectivity index (χ1n) is 10.5. The van der Waals surface area contributed by atoms with Gasteiger partial charge in [0.2, 0.25) is 0 Å². The average molecular weight is 476 g/mol. The summed E-state index contributed by atoms with van der Waals surface area (Å²) in [5.74, 6) is -0.324. The van der Waals surface area contributed by atoms with Crippen molar-refractivity contribution in [2.24, 2.45) is 0 Å². The summed E-state index contributed by atoms with van der Waals surface area (Å²) in [6, 6.07) is 23.1. The van der Waals surface area contributed by atoms with Crippen LogP contribution >= 0.6 is 11.3 Å². The van der Waals surface area contributed by atoms with Crippen LogP contribution in [-0.2, 0) is 16.4 Å². The highest BCUT2D eigenvalue weighted by Gasteiger charge is 2.25. The lowest BCUT2D eigenvalue weighted by molar-refractivity contribution is 0.102. The molecule has 0 bridgehead atoms. The molecule has 0 saturated carbocycles. The Labute approximate surface area is 196 Å². The molecule has 0 spiro atoms. The Morgan fingerprint density at radius 1 is 1.00 bits per heavy atom. The number of nitrogens with zero attached hydrogens (tertiary/aromatic N) is 2. The topological polar surface area (TPSA) is 79.4 Å². The molecule has 0 fully saturated rings. The summed E-state index contributed by atoms with van der Waals surface area (Å²) in [4.78, 5) is 18.6. The molecule has 6 nitrogen and oxygen atoms in total. The third kappa shape index (κ3) is 3.92. The number of carbonyl (C=O) groups excluding carboxylic acids is 1. The molecule has 3 aromatic carbocycles. The van der Waals surface area contributed by atoms with E-state index in [1.165, 1.54) is 45.5 Å². The van der Waals surface area contributed by atoms with E-state index in [2.05, 4.69) is 16.4 Å². The summed E-state index contributed by atoms with van der Waals surface area (Å²) in [7, 11) is -3.74. The molecule has 0 saturated heterocycles. The molecule has 166 valence electrons. The number of benzene rings is 3. The van der Waals surface area contributed by atoms with Crippen molar-refractivity contribution in [2.75, 3.05) is 16.2 Å². The first kappa shape index (κ1) is 21.4. The number of thiazole rings is 1. The molecule has 5 rings (SSSR count). The number of nitrogens with one attached hydrogen (secondary N) is 1. The molecule has 4 aromatic rings. The van der Waals surface area contributed by atoms with E-state index in [-0.39, 0.29) is 10.8 Å². The van der Waals surface area contributed by atoms with Gasteiger partial charge in [0.15, 0.2) is 5.13 Å². The van der Waals surface area contributed by atoms with E-state index in [4.69, 9.17) is 0 Å². The van der Waals surface area contributed by atoms with Crippen molar-refractivity contribution >= 4 is 38.1 Å². The van der Waals surface area contributed by atoms with Crippen LogP contribution in [0.15, 0.2) is 83.8 Å². The lowest BCUT2D eigenvalue weighted by Gasteiger charge is -2.23. The molecule has 8 heteroatoms. The number of carbonyl (C=O) groups is 1. The van der Waals surface area contributed by atoms with E-state index >= 15 is 0 Å². The number of fused-ring (bicyclic) bond motifs is 3. The van der Waals surface area contributed by atoms with Crippen molar-refractivity contribution in [1.29, 1.82) is 0 Å². The van der Waals surface area contributed by atoms with Crippen LogP contribution in [0.4, 0.5) is 10.8 Å². The Balaban J connectivity index is 1.34. The molecule has 0 radical (unpaired) electrons. The van der Waals surface area contributed by atoms with Crippen LogP contribution in [0.25, 0.3) is 11.3 Å². The number of rotatable bonds is 6. The minimum atomic E-state index is -3.74. The standard InChI is InChI=1S/C25H21N3O3S2/c1-2-28(19-9-4-3-5-10-19)33(30,31)20-14-12-17(13-15-20)24(29)27-25-26-23-21-11-7-6-8-18(21)16-22(23)32-25/h3-15H,2,16H2,1H3,(H,26,27,29). The van der Waals surface area contributed by atoms with Gasteiger partial charge in [-0.3, -0.25) is 14.4 Å². The highest BCUT2D eigenvalue weighted by atomic mass is 32.2. The smallest absolute Gasteiger partial charge is 0.264 e. The molecular formula is C25H21N3O3S2. The molecule has 1 aliphatic rings. The number of hydrogen-bond donors (Lipinski definition) is 1. The van der Waals surface area contributed by atoms with Gasteiger partial charge in [0.1, 0.15) is 0 Å². The zero-order valence-corrected chi connectivity index (χ0v) is 19.5. The summed E-state index contributed by atoms with van der Waals surface area (Å²) < 4.78 is 27.6. The summed E-state index contributed by atoms with van der Waals surface area (Å²) in [6.07, 6.45) is 0.820. The molecular weight excluding hydrogens is 454 g/mol. The average Bonchev–Trinajstić information content (AvgIpc) is 3.37. The molecule has 0 aliphatic heterocycles. The monoisotopic (exact) mass is 475 g/mol. The van der Waals surface area contributed by atoms with Crippen LogP contribution in [0.3, 0.4) is 0 Å². The summed E-state index contributed by atoms with van der Waals surface area (Å²) >= 11 is 1.47.